The van der Waals surface area contributed by atoms with Gasteiger partial charge in [0.05, 0.1) is 18.1 Å². The van der Waals surface area contributed by atoms with Crippen LogP contribution in [-0.4, -0.2) is 52.9 Å². The van der Waals surface area contributed by atoms with E-state index in [1.807, 2.05) is 48.5 Å². The molecule has 1 aromatic carbocycles. The van der Waals surface area contributed by atoms with Gasteiger partial charge in [0.1, 0.15) is 5.75 Å². The van der Waals surface area contributed by atoms with Crippen LogP contribution in [0.25, 0.3) is 11.3 Å². The molecule has 30 heavy (non-hydrogen) atoms. The molecule has 2 heterocycles. The smallest absolute Gasteiger partial charge is 0.239 e. The Balaban J connectivity index is 1.66. The van der Waals surface area contributed by atoms with Gasteiger partial charge < -0.3 is 14.5 Å². The van der Waals surface area contributed by atoms with Crippen LogP contribution in [0.5, 0.6) is 11.6 Å². The van der Waals surface area contributed by atoms with Crippen molar-refractivity contribution in [3.05, 3.63) is 60.6 Å². The van der Waals surface area contributed by atoms with Crippen LogP contribution < -0.4 is 9.64 Å². The first kappa shape index (κ1) is 21.2. The summed E-state index contributed by atoms with van der Waals surface area (Å²) in [6.07, 6.45) is 6.07. The van der Waals surface area contributed by atoms with E-state index < -0.39 is 0 Å². The maximum Gasteiger partial charge on any atom is 0.239 e. The van der Waals surface area contributed by atoms with E-state index in [2.05, 4.69) is 27.9 Å². The third kappa shape index (κ3) is 5.53. The summed E-state index contributed by atoms with van der Waals surface area (Å²) < 4.78 is 5.88. The third-order valence-corrected chi connectivity index (χ3v) is 4.90. The number of pyridine rings is 1. The Morgan fingerprint density at radius 1 is 1.07 bits per heavy atom. The molecule has 0 aliphatic carbocycles. The highest BCUT2D eigenvalue weighted by Gasteiger charge is 2.09. The highest BCUT2D eigenvalue weighted by atomic mass is 16.5. The van der Waals surface area contributed by atoms with Crippen molar-refractivity contribution in [2.45, 2.75) is 20.3 Å². The number of anilines is 1. The lowest BCUT2D eigenvalue weighted by atomic mass is 10.1. The summed E-state index contributed by atoms with van der Waals surface area (Å²) in [5, 5.41) is 0. The van der Waals surface area contributed by atoms with Gasteiger partial charge in [-0.05, 0) is 48.4 Å². The van der Waals surface area contributed by atoms with Crippen LogP contribution in [0.4, 0.5) is 5.82 Å². The minimum atomic E-state index is 0.0339. The Kier molecular flexibility index (Phi) is 6.95. The number of aryl methyl sites for hydroxylation is 1. The summed E-state index contributed by atoms with van der Waals surface area (Å²) in [6.45, 7) is 4.93. The Bertz CT molecular complexity index is 991. The van der Waals surface area contributed by atoms with Crippen molar-refractivity contribution < 1.29 is 9.53 Å². The number of carbonyl (C=O) groups is 1. The molecule has 0 aliphatic rings. The first-order chi connectivity index (χ1) is 14.5. The molecular weight excluding hydrogens is 378 g/mol. The molecule has 0 radical (unpaired) electrons. The van der Waals surface area contributed by atoms with Crippen LogP contribution >= 0.6 is 0 Å². The summed E-state index contributed by atoms with van der Waals surface area (Å²) in [5.74, 6) is 1.81. The van der Waals surface area contributed by atoms with Crippen molar-refractivity contribution in [2.75, 3.05) is 32.1 Å². The zero-order valence-electron chi connectivity index (χ0n) is 17.9. The van der Waals surface area contributed by atoms with Gasteiger partial charge in [0, 0.05) is 45.9 Å². The average Bonchev–Trinajstić information content (AvgIpc) is 2.77. The Morgan fingerprint density at radius 2 is 1.83 bits per heavy atom. The van der Waals surface area contributed by atoms with Crippen LogP contribution in [0.15, 0.2) is 55.0 Å². The third-order valence-electron chi connectivity index (χ3n) is 4.90. The summed E-state index contributed by atoms with van der Waals surface area (Å²) in [4.78, 5) is 28.2. The van der Waals surface area contributed by atoms with Crippen LogP contribution in [0.3, 0.4) is 0 Å². The molecule has 7 heteroatoms. The van der Waals surface area contributed by atoms with E-state index in [4.69, 9.17) is 4.74 Å². The predicted molar refractivity (Wildman–Crippen MR) is 118 cm³/mol. The van der Waals surface area contributed by atoms with Crippen LogP contribution in [-0.2, 0) is 11.2 Å². The van der Waals surface area contributed by atoms with E-state index in [0.717, 1.165) is 17.7 Å². The number of carbonyl (C=O) groups excluding carboxylic acids is 1. The first-order valence-electron chi connectivity index (χ1n) is 9.94. The quantitative estimate of drug-likeness (QED) is 0.568. The van der Waals surface area contributed by atoms with E-state index in [1.165, 1.54) is 5.56 Å². The number of rotatable bonds is 8. The fourth-order valence-corrected chi connectivity index (χ4v) is 2.81. The van der Waals surface area contributed by atoms with Crippen molar-refractivity contribution >= 4 is 11.7 Å². The molecule has 7 nitrogen and oxygen atoms in total. The van der Waals surface area contributed by atoms with Crippen molar-refractivity contribution in [1.29, 1.82) is 0 Å². The van der Waals surface area contributed by atoms with Gasteiger partial charge in [-0.25, -0.2) is 0 Å². The molecule has 3 aromatic rings. The zero-order chi connectivity index (χ0) is 21.5. The highest BCUT2D eigenvalue weighted by molar-refractivity contribution is 5.72. The van der Waals surface area contributed by atoms with Crippen LogP contribution in [0.2, 0.25) is 0 Å². The number of hydrogen-bond acceptors (Lipinski definition) is 6. The number of likely N-dealkylation sites (N-methyl/N-ethyl adjacent to an activating group) is 2. The van der Waals surface area contributed by atoms with Crippen molar-refractivity contribution in [3.63, 3.8) is 0 Å². The molecule has 156 valence electrons. The van der Waals surface area contributed by atoms with Gasteiger partial charge in [-0.1, -0.05) is 6.92 Å². The zero-order valence-corrected chi connectivity index (χ0v) is 17.9. The van der Waals surface area contributed by atoms with E-state index in [-0.39, 0.29) is 5.91 Å². The van der Waals surface area contributed by atoms with E-state index >= 15 is 0 Å². The summed E-state index contributed by atoms with van der Waals surface area (Å²) in [5.41, 5.74) is 3.23. The van der Waals surface area contributed by atoms with Gasteiger partial charge in [0.15, 0.2) is 5.82 Å². The number of aromatic nitrogens is 3. The lowest BCUT2D eigenvalue weighted by Gasteiger charge is -2.22. The van der Waals surface area contributed by atoms with Gasteiger partial charge in [-0.3, -0.25) is 14.8 Å². The van der Waals surface area contributed by atoms with Gasteiger partial charge >= 0.3 is 0 Å². The molecule has 3 rings (SSSR count). The molecule has 2 aromatic heterocycles. The maximum atomic E-state index is 11.4. The molecule has 0 aliphatic heterocycles. The van der Waals surface area contributed by atoms with Crippen molar-refractivity contribution in [2.24, 2.45) is 0 Å². The number of benzene rings is 1. The monoisotopic (exact) mass is 405 g/mol. The van der Waals surface area contributed by atoms with Gasteiger partial charge in [0.25, 0.3) is 0 Å². The second-order valence-corrected chi connectivity index (χ2v) is 7.11. The largest absolute Gasteiger partial charge is 0.437 e. The number of hydrogen-bond donors (Lipinski definition) is 0. The number of nitrogens with zero attached hydrogens (tertiary/aromatic N) is 5. The number of amides is 1. The standard InChI is InChI=1S/C23H27N5O2/c1-5-18-10-11-25-21(14-18)19-6-8-20(9-7-19)30-23-16-24-15-22(26-23)28(4)13-12-27(3)17(2)29/h6-11,14-16H,5,12-13H2,1-4H3. The molecule has 0 unspecified atom stereocenters. The fourth-order valence-electron chi connectivity index (χ4n) is 2.81. The normalized spacial score (nSPS) is 10.5. The first-order valence-corrected chi connectivity index (χ1v) is 9.94. The van der Waals surface area contributed by atoms with Gasteiger partial charge in [0.2, 0.25) is 11.8 Å². The lowest BCUT2D eigenvalue weighted by molar-refractivity contribution is -0.127. The second-order valence-electron chi connectivity index (χ2n) is 7.11. The summed E-state index contributed by atoms with van der Waals surface area (Å²) in [7, 11) is 3.69. The number of ether oxygens (including phenoxy) is 1. The van der Waals surface area contributed by atoms with Crippen molar-refractivity contribution in [1.82, 2.24) is 19.9 Å². The Labute approximate surface area is 177 Å². The van der Waals surface area contributed by atoms with E-state index in [9.17, 15) is 4.79 Å². The summed E-state index contributed by atoms with van der Waals surface area (Å²) >= 11 is 0. The van der Waals surface area contributed by atoms with Crippen LogP contribution in [0.1, 0.15) is 19.4 Å². The molecule has 0 N–H and O–H groups in total. The Morgan fingerprint density at radius 3 is 2.53 bits per heavy atom. The van der Waals surface area contributed by atoms with E-state index in [0.29, 0.717) is 30.5 Å². The second kappa shape index (κ2) is 9.82. The van der Waals surface area contributed by atoms with Crippen LogP contribution in [0, 0.1) is 0 Å². The summed E-state index contributed by atoms with van der Waals surface area (Å²) in [6, 6.07) is 11.9. The minimum absolute atomic E-state index is 0.0339. The minimum Gasteiger partial charge on any atom is -0.437 e. The van der Waals surface area contributed by atoms with Crippen molar-refractivity contribution in [3.8, 4) is 22.9 Å². The molecule has 0 spiro atoms. The Hall–Kier alpha value is -3.48. The van der Waals surface area contributed by atoms with Gasteiger partial charge in [-0.2, -0.15) is 4.98 Å². The molecular formula is C23H27N5O2. The topological polar surface area (TPSA) is 71.5 Å². The molecule has 0 bridgehead atoms. The maximum absolute atomic E-state index is 11.4. The highest BCUT2D eigenvalue weighted by Crippen LogP contribution is 2.25. The molecule has 0 atom stereocenters. The molecule has 0 saturated heterocycles. The molecule has 0 saturated carbocycles. The SMILES string of the molecule is CCc1ccnc(-c2ccc(Oc3cncc(N(C)CCN(C)C(C)=O)n3)cc2)c1. The molecule has 1 amide bonds. The lowest BCUT2D eigenvalue weighted by Crippen LogP contribution is -2.33. The predicted octanol–water partition coefficient (Wildman–Crippen LogP) is 3.81. The average molecular weight is 406 g/mol. The van der Waals surface area contributed by atoms with E-state index in [1.54, 1.807) is 31.3 Å². The molecule has 0 fully saturated rings. The van der Waals surface area contributed by atoms with Gasteiger partial charge in [-0.15, -0.1) is 0 Å². The fraction of sp³-hybridized carbons (Fsp3) is 0.304.